The molecule has 3 nitrogen and oxygen atoms in total. The van der Waals surface area contributed by atoms with Gasteiger partial charge >= 0.3 is 5.97 Å². The van der Waals surface area contributed by atoms with Crippen LogP contribution in [0.1, 0.15) is 106 Å². The number of fused-ring (bicyclic) bond motifs is 4. The SMILES string of the molecule is CO/C=C/C[C@@H](C)[C@H]1CC[C@@]2(C)C3=C(CC[C@]12C)[C@@]1(C)CC[C@H](OC(C)=O)C(C)(C)[C@@H]1CC3. The minimum absolute atomic E-state index is 0.0270. The fraction of sp³-hybridized carbons (Fsp3) is 0.833. The average molecular weight is 457 g/mol. The molecule has 186 valence electrons. The van der Waals surface area contributed by atoms with Crippen molar-refractivity contribution in [2.24, 2.45) is 39.4 Å². The molecule has 0 saturated heterocycles. The van der Waals surface area contributed by atoms with E-state index in [2.05, 4.69) is 47.6 Å². The fourth-order valence-electron chi connectivity index (χ4n) is 9.56. The molecule has 0 aromatic rings. The van der Waals surface area contributed by atoms with E-state index in [1.807, 2.05) is 11.8 Å². The van der Waals surface area contributed by atoms with Crippen molar-refractivity contribution in [2.75, 3.05) is 7.11 Å². The lowest BCUT2D eigenvalue weighted by Gasteiger charge is -2.62. The molecule has 0 radical (unpaired) electrons. The predicted octanol–water partition coefficient (Wildman–Crippen LogP) is 7.85. The topological polar surface area (TPSA) is 35.5 Å². The van der Waals surface area contributed by atoms with Crippen molar-refractivity contribution in [2.45, 2.75) is 112 Å². The summed E-state index contributed by atoms with van der Waals surface area (Å²) in [5, 5.41) is 0. The van der Waals surface area contributed by atoms with Crippen LogP contribution in [0.5, 0.6) is 0 Å². The molecule has 33 heavy (non-hydrogen) atoms. The Morgan fingerprint density at radius 1 is 1.03 bits per heavy atom. The molecule has 2 saturated carbocycles. The van der Waals surface area contributed by atoms with Crippen LogP contribution in [0.3, 0.4) is 0 Å². The van der Waals surface area contributed by atoms with Gasteiger partial charge < -0.3 is 9.47 Å². The molecule has 0 heterocycles. The lowest BCUT2D eigenvalue weighted by atomic mass is 9.43. The second kappa shape index (κ2) is 8.45. The highest BCUT2D eigenvalue weighted by atomic mass is 16.5. The number of hydrogen-bond donors (Lipinski definition) is 0. The maximum absolute atomic E-state index is 11.8. The van der Waals surface area contributed by atoms with Gasteiger partial charge in [-0.2, -0.15) is 0 Å². The Labute approximate surface area is 202 Å². The van der Waals surface area contributed by atoms with Crippen molar-refractivity contribution in [3.63, 3.8) is 0 Å². The fourth-order valence-corrected chi connectivity index (χ4v) is 9.56. The summed E-state index contributed by atoms with van der Waals surface area (Å²) in [4.78, 5) is 11.8. The normalized spacial score (nSPS) is 43.0. The van der Waals surface area contributed by atoms with Crippen LogP contribution in [0, 0.1) is 39.4 Å². The molecule has 0 aromatic carbocycles. The minimum Gasteiger partial charge on any atom is -0.505 e. The second-order valence-corrected chi connectivity index (χ2v) is 13.1. The zero-order valence-electron chi connectivity index (χ0n) is 22.6. The van der Waals surface area contributed by atoms with Gasteiger partial charge in [0.05, 0.1) is 13.4 Å². The van der Waals surface area contributed by atoms with Gasteiger partial charge in [-0.1, -0.05) is 52.7 Å². The highest BCUT2D eigenvalue weighted by Gasteiger charge is 2.63. The van der Waals surface area contributed by atoms with Gasteiger partial charge in [-0.25, -0.2) is 0 Å². The summed E-state index contributed by atoms with van der Waals surface area (Å²) < 4.78 is 11.0. The van der Waals surface area contributed by atoms with Gasteiger partial charge in [0.25, 0.3) is 0 Å². The van der Waals surface area contributed by atoms with Crippen molar-refractivity contribution >= 4 is 5.97 Å². The van der Waals surface area contributed by atoms with Crippen LogP contribution in [0.4, 0.5) is 0 Å². The first-order valence-corrected chi connectivity index (χ1v) is 13.5. The lowest BCUT2D eigenvalue weighted by Crippen LogP contribution is -2.55. The number of allylic oxidation sites excluding steroid dienone is 3. The summed E-state index contributed by atoms with van der Waals surface area (Å²) in [5.74, 6) is 1.93. The van der Waals surface area contributed by atoms with Gasteiger partial charge in [-0.15, -0.1) is 0 Å². The first-order chi connectivity index (χ1) is 15.4. The first-order valence-electron chi connectivity index (χ1n) is 13.5. The Balaban J connectivity index is 1.65. The van der Waals surface area contributed by atoms with Gasteiger partial charge in [0.1, 0.15) is 6.10 Å². The zero-order valence-corrected chi connectivity index (χ0v) is 22.6. The Hall–Kier alpha value is -1.25. The molecule has 4 rings (SSSR count). The molecule has 0 amide bonds. The van der Waals surface area contributed by atoms with E-state index in [1.165, 1.54) is 38.5 Å². The van der Waals surface area contributed by atoms with Crippen LogP contribution in [0.25, 0.3) is 0 Å². The standard InChI is InChI=1S/C30H48O3/c1-20(10-9-19-32-8)22-13-17-30(7)24-11-12-25-27(3,4)26(33-21(2)31)15-16-28(25,5)23(24)14-18-29(22,30)6/h9,19-20,22,25-26H,10-18H2,1-8H3/b19-9+/t20-,22-,25+,26+,28-,29-,30+/m1/s1. The second-order valence-electron chi connectivity index (χ2n) is 13.1. The van der Waals surface area contributed by atoms with Crippen molar-refractivity contribution in [1.82, 2.24) is 0 Å². The summed E-state index contributed by atoms with van der Waals surface area (Å²) in [7, 11) is 1.74. The number of methoxy groups -OCH3 is 1. The van der Waals surface area contributed by atoms with Crippen LogP contribution in [-0.2, 0) is 14.3 Å². The maximum atomic E-state index is 11.8. The molecular weight excluding hydrogens is 408 g/mol. The number of esters is 1. The summed E-state index contributed by atoms with van der Waals surface area (Å²) >= 11 is 0. The first kappa shape index (κ1) is 24.9. The Kier molecular flexibility index (Phi) is 6.37. The van der Waals surface area contributed by atoms with Crippen LogP contribution in [0.15, 0.2) is 23.5 Å². The molecular formula is C30H48O3. The Morgan fingerprint density at radius 2 is 1.76 bits per heavy atom. The van der Waals surface area contributed by atoms with Gasteiger partial charge in [-0.05, 0) is 97.9 Å². The van der Waals surface area contributed by atoms with Gasteiger partial charge in [0.2, 0.25) is 0 Å². The third kappa shape index (κ3) is 3.62. The third-order valence-corrected chi connectivity index (χ3v) is 11.5. The van der Waals surface area contributed by atoms with E-state index in [0.717, 1.165) is 25.2 Å². The predicted molar refractivity (Wildman–Crippen MR) is 135 cm³/mol. The molecule has 4 aliphatic carbocycles. The van der Waals surface area contributed by atoms with E-state index >= 15 is 0 Å². The van der Waals surface area contributed by atoms with Crippen LogP contribution in [-0.4, -0.2) is 19.2 Å². The van der Waals surface area contributed by atoms with Crippen molar-refractivity contribution in [3.8, 4) is 0 Å². The Morgan fingerprint density at radius 3 is 2.42 bits per heavy atom. The number of ether oxygens (including phenoxy) is 2. The molecule has 0 N–H and O–H groups in total. The molecule has 0 unspecified atom stereocenters. The van der Waals surface area contributed by atoms with E-state index in [4.69, 9.17) is 9.47 Å². The minimum atomic E-state index is -0.125. The summed E-state index contributed by atoms with van der Waals surface area (Å²) in [5.41, 5.74) is 4.64. The van der Waals surface area contributed by atoms with Gasteiger partial charge in [0.15, 0.2) is 0 Å². The largest absolute Gasteiger partial charge is 0.505 e. The number of hydrogen-bond acceptors (Lipinski definition) is 3. The molecule has 0 aliphatic heterocycles. The summed E-state index contributed by atoms with van der Waals surface area (Å²) in [6.45, 7) is 16.6. The number of carbonyl (C=O) groups is 1. The third-order valence-electron chi connectivity index (χ3n) is 11.5. The molecule has 2 fully saturated rings. The summed E-state index contributed by atoms with van der Waals surface area (Å²) in [6.07, 6.45) is 15.1. The molecule has 3 heteroatoms. The number of carbonyl (C=O) groups excluding carboxylic acids is 1. The highest BCUT2D eigenvalue weighted by molar-refractivity contribution is 5.66. The van der Waals surface area contributed by atoms with Crippen LogP contribution < -0.4 is 0 Å². The molecule has 0 bridgehead atoms. The quantitative estimate of drug-likeness (QED) is 0.240. The average Bonchev–Trinajstić information content (AvgIpc) is 3.02. The van der Waals surface area contributed by atoms with E-state index < -0.39 is 0 Å². The maximum Gasteiger partial charge on any atom is 0.302 e. The van der Waals surface area contributed by atoms with E-state index in [0.29, 0.717) is 22.7 Å². The lowest BCUT2D eigenvalue weighted by molar-refractivity contribution is -0.167. The number of rotatable bonds is 5. The monoisotopic (exact) mass is 456 g/mol. The van der Waals surface area contributed by atoms with Gasteiger partial charge in [-0.3, -0.25) is 4.79 Å². The Bertz CT molecular complexity index is 837. The van der Waals surface area contributed by atoms with Crippen molar-refractivity contribution in [3.05, 3.63) is 23.5 Å². The van der Waals surface area contributed by atoms with E-state index in [1.54, 1.807) is 19.6 Å². The van der Waals surface area contributed by atoms with E-state index in [9.17, 15) is 4.79 Å². The molecule has 0 spiro atoms. The van der Waals surface area contributed by atoms with Gasteiger partial charge in [0, 0.05) is 12.3 Å². The van der Waals surface area contributed by atoms with Crippen LogP contribution >= 0.6 is 0 Å². The molecule has 7 atom stereocenters. The van der Waals surface area contributed by atoms with E-state index in [-0.39, 0.29) is 22.9 Å². The zero-order chi connectivity index (χ0) is 24.2. The van der Waals surface area contributed by atoms with Crippen molar-refractivity contribution < 1.29 is 14.3 Å². The highest BCUT2D eigenvalue weighted by Crippen LogP contribution is 2.72. The smallest absolute Gasteiger partial charge is 0.302 e. The van der Waals surface area contributed by atoms with Crippen LogP contribution in [0.2, 0.25) is 0 Å². The molecule has 0 aromatic heterocycles. The molecule has 4 aliphatic rings. The van der Waals surface area contributed by atoms with Crippen molar-refractivity contribution in [1.29, 1.82) is 0 Å². The summed E-state index contributed by atoms with van der Waals surface area (Å²) in [6, 6.07) is 0.